The van der Waals surface area contributed by atoms with Gasteiger partial charge in [0.15, 0.2) is 0 Å². The van der Waals surface area contributed by atoms with E-state index < -0.39 is 41.6 Å². The number of carboxylic acid groups (broad SMARTS) is 1. The molecule has 1 amide bonds. The molecule has 0 aliphatic heterocycles. The van der Waals surface area contributed by atoms with Crippen molar-refractivity contribution >= 4 is 11.9 Å². The maximum absolute atomic E-state index is 13.2. The first kappa shape index (κ1) is 15.9. The van der Waals surface area contributed by atoms with E-state index in [0.717, 1.165) is 0 Å². The molecule has 0 spiro atoms. The zero-order valence-corrected chi connectivity index (χ0v) is 11.5. The summed E-state index contributed by atoms with van der Waals surface area (Å²) in [6.07, 6.45) is -0.00995. The van der Waals surface area contributed by atoms with E-state index in [-0.39, 0.29) is 6.42 Å². The van der Waals surface area contributed by atoms with E-state index in [2.05, 4.69) is 5.32 Å². The number of carboxylic acids is 1. The smallest absolute Gasteiger partial charge is 0.326 e. The number of rotatable bonds is 3. The van der Waals surface area contributed by atoms with Crippen LogP contribution < -0.4 is 5.32 Å². The van der Waals surface area contributed by atoms with Crippen LogP contribution in [-0.4, -0.2) is 28.9 Å². The molecule has 6 heteroatoms. The maximum atomic E-state index is 13.2. The lowest BCUT2D eigenvalue weighted by atomic mass is 9.83. The van der Waals surface area contributed by atoms with E-state index in [1.807, 2.05) is 0 Å². The lowest BCUT2D eigenvalue weighted by molar-refractivity contribution is -0.147. The highest BCUT2D eigenvalue weighted by molar-refractivity contribution is 5.85. The summed E-state index contributed by atoms with van der Waals surface area (Å²) >= 11 is 0. The van der Waals surface area contributed by atoms with Crippen LogP contribution in [0.5, 0.6) is 0 Å². The number of carbonyl (C=O) groups is 2. The van der Waals surface area contributed by atoms with Gasteiger partial charge in [-0.25, -0.2) is 13.6 Å². The number of carbonyl (C=O) groups excluding carboxylic acids is 1. The van der Waals surface area contributed by atoms with Crippen LogP contribution in [0.25, 0.3) is 0 Å². The van der Waals surface area contributed by atoms with Gasteiger partial charge in [0, 0.05) is 18.8 Å². The molecule has 4 nitrogen and oxygen atoms in total. The average molecular weight is 277 g/mol. The summed E-state index contributed by atoms with van der Waals surface area (Å²) in [7, 11) is 0. The van der Waals surface area contributed by atoms with Crippen molar-refractivity contribution in [2.75, 3.05) is 0 Å². The molecule has 1 aliphatic carbocycles. The summed E-state index contributed by atoms with van der Waals surface area (Å²) in [4.78, 5) is 23.1. The molecule has 0 aromatic rings. The van der Waals surface area contributed by atoms with Crippen LogP contribution in [0.3, 0.4) is 0 Å². The molecule has 0 bridgehead atoms. The van der Waals surface area contributed by atoms with Gasteiger partial charge in [-0.2, -0.15) is 0 Å². The van der Waals surface area contributed by atoms with E-state index in [0.29, 0.717) is 12.8 Å². The molecule has 19 heavy (non-hydrogen) atoms. The Labute approximate surface area is 111 Å². The fraction of sp³-hybridized carbons (Fsp3) is 0.846. The predicted molar refractivity (Wildman–Crippen MR) is 65.9 cm³/mol. The minimum Gasteiger partial charge on any atom is -0.480 e. The molecule has 2 atom stereocenters. The third kappa shape index (κ3) is 4.44. The van der Waals surface area contributed by atoms with Crippen LogP contribution in [0, 0.1) is 11.3 Å². The van der Waals surface area contributed by atoms with Crippen LogP contribution in [-0.2, 0) is 9.59 Å². The lowest BCUT2D eigenvalue weighted by Crippen LogP contribution is -2.51. The van der Waals surface area contributed by atoms with Gasteiger partial charge in [-0.15, -0.1) is 0 Å². The first-order valence-corrected chi connectivity index (χ1v) is 6.44. The van der Waals surface area contributed by atoms with Crippen molar-refractivity contribution < 1.29 is 23.5 Å². The third-order valence-electron chi connectivity index (χ3n) is 3.41. The van der Waals surface area contributed by atoms with E-state index in [4.69, 9.17) is 5.11 Å². The molecule has 0 aromatic heterocycles. The van der Waals surface area contributed by atoms with Gasteiger partial charge in [0.1, 0.15) is 6.04 Å². The molecule has 0 heterocycles. The Morgan fingerprint density at radius 1 is 1.37 bits per heavy atom. The minimum absolute atomic E-state index is 0.196. The van der Waals surface area contributed by atoms with E-state index >= 15 is 0 Å². The monoisotopic (exact) mass is 277 g/mol. The third-order valence-corrected chi connectivity index (χ3v) is 3.41. The number of halogens is 2. The van der Waals surface area contributed by atoms with Crippen LogP contribution in [0.15, 0.2) is 0 Å². The average Bonchev–Trinajstić information content (AvgIpc) is 2.21. The van der Waals surface area contributed by atoms with Crippen molar-refractivity contribution in [3.8, 4) is 0 Å². The molecule has 0 saturated heterocycles. The van der Waals surface area contributed by atoms with Gasteiger partial charge >= 0.3 is 5.97 Å². The molecule has 1 unspecified atom stereocenters. The Balaban J connectivity index is 2.70. The summed E-state index contributed by atoms with van der Waals surface area (Å²) in [5.41, 5.74) is -0.668. The van der Waals surface area contributed by atoms with Gasteiger partial charge in [0.05, 0.1) is 0 Å². The molecule has 1 saturated carbocycles. The molecule has 1 fully saturated rings. The Kier molecular flexibility index (Phi) is 4.53. The highest BCUT2D eigenvalue weighted by Crippen LogP contribution is 2.36. The van der Waals surface area contributed by atoms with Gasteiger partial charge in [-0.05, 0) is 18.3 Å². The molecule has 1 rings (SSSR count). The summed E-state index contributed by atoms with van der Waals surface area (Å²) in [5, 5.41) is 11.5. The topological polar surface area (TPSA) is 66.4 Å². The first-order chi connectivity index (χ1) is 8.53. The van der Waals surface area contributed by atoms with Crippen molar-refractivity contribution in [2.45, 2.75) is 58.4 Å². The molecule has 0 aromatic carbocycles. The highest BCUT2D eigenvalue weighted by atomic mass is 19.3. The second-order valence-electron chi connectivity index (χ2n) is 6.30. The van der Waals surface area contributed by atoms with Gasteiger partial charge < -0.3 is 10.4 Å². The lowest BCUT2D eigenvalue weighted by Gasteiger charge is -2.32. The van der Waals surface area contributed by atoms with Gasteiger partial charge in [-0.3, -0.25) is 4.79 Å². The van der Waals surface area contributed by atoms with Gasteiger partial charge in [0.25, 0.3) is 0 Å². The van der Waals surface area contributed by atoms with Crippen LogP contribution >= 0.6 is 0 Å². The van der Waals surface area contributed by atoms with Crippen LogP contribution in [0.2, 0.25) is 0 Å². The highest BCUT2D eigenvalue weighted by Gasteiger charge is 2.41. The van der Waals surface area contributed by atoms with E-state index in [1.165, 1.54) is 0 Å². The quantitative estimate of drug-likeness (QED) is 0.832. The fourth-order valence-corrected chi connectivity index (χ4v) is 2.30. The van der Waals surface area contributed by atoms with Crippen LogP contribution in [0.4, 0.5) is 8.78 Å². The number of hydrogen-bond donors (Lipinski definition) is 2. The predicted octanol–water partition coefficient (Wildman–Crippen LogP) is 2.43. The minimum atomic E-state index is -2.82. The summed E-state index contributed by atoms with van der Waals surface area (Å²) in [6, 6.07) is -1.07. The normalized spacial score (nSPS) is 24.6. The molecule has 110 valence electrons. The van der Waals surface area contributed by atoms with Crippen molar-refractivity contribution in [1.82, 2.24) is 5.32 Å². The first-order valence-electron chi connectivity index (χ1n) is 6.44. The largest absolute Gasteiger partial charge is 0.480 e. The SMILES string of the molecule is CC(C)(C)[C@H](NC(=O)C1CCCC(F)(F)C1)C(=O)O. The van der Waals surface area contributed by atoms with Crippen molar-refractivity contribution in [1.29, 1.82) is 0 Å². The number of aliphatic carboxylic acids is 1. The van der Waals surface area contributed by atoms with Crippen molar-refractivity contribution in [3.05, 3.63) is 0 Å². The Morgan fingerprint density at radius 3 is 2.37 bits per heavy atom. The number of hydrogen-bond acceptors (Lipinski definition) is 2. The second-order valence-corrected chi connectivity index (χ2v) is 6.30. The summed E-state index contributed by atoms with van der Waals surface area (Å²) in [6.45, 7) is 5.05. The standard InChI is InChI=1S/C13H21F2NO3/c1-12(2,3)9(11(18)19)16-10(17)8-5-4-6-13(14,15)7-8/h8-9H,4-7H2,1-3H3,(H,16,17)(H,18,19)/t8?,9-/m1/s1. The second kappa shape index (κ2) is 5.43. The van der Waals surface area contributed by atoms with Gasteiger partial charge in [-0.1, -0.05) is 20.8 Å². The number of alkyl halides is 2. The number of nitrogens with one attached hydrogen (secondary N) is 1. The molecule has 2 N–H and O–H groups in total. The molecular weight excluding hydrogens is 256 g/mol. The molecular formula is C13H21F2NO3. The van der Waals surface area contributed by atoms with Gasteiger partial charge in [0.2, 0.25) is 11.8 Å². The summed E-state index contributed by atoms with van der Waals surface area (Å²) < 4.78 is 26.5. The van der Waals surface area contributed by atoms with E-state index in [1.54, 1.807) is 20.8 Å². The zero-order valence-electron chi connectivity index (χ0n) is 11.5. The summed E-state index contributed by atoms with van der Waals surface area (Å²) in [5.74, 6) is -5.35. The molecule has 0 radical (unpaired) electrons. The Bertz CT molecular complexity index is 363. The molecule has 1 aliphatic rings. The van der Waals surface area contributed by atoms with Crippen LogP contribution in [0.1, 0.15) is 46.5 Å². The van der Waals surface area contributed by atoms with Crippen molar-refractivity contribution in [2.24, 2.45) is 11.3 Å². The number of amides is 1. The van der Waals surface area contributed by atoms with E-state index in [9.17, 15) is 18.4 Å². The zero-order chi connectivity index (χ0) is 14.8. The Morgan fingerprint density at radius 2 is 1.95 bits per heavy atom. The Hall–Kier alpha value is -1.20. The maximum Gasteiger partial charge on any atom is 0.326 e. The van der Waals surface area contributed by atoms with Crippen molar-refractivity contribution in [3.63, 3.8) is 0 Å². The fourth-order valence-electron chi connectivity index (χ4n) is 2.30.